The van der Waals surface area contributed by atoms with E-state index in [9.17, 15) is 0 Å². The molecule has 0 saturated heterocycles. The summed E-state index contributed by atoms with van der Waals surface area (Å²) >= 11 is 0. The third-order valence-electron chi connectivity index (χ3n) is 0. The molecule has 0 aliphatic heterocycles. The second-order valence-electron chi connectivity index (χ2n) is 0.365. The van der Waals surface area contributed by atoms with Crippen molar-refractivity contribution in [2.24, 2.45) is 0 Å². The van der Waals surface area contributed by atoms with Gasteiger partial charge in [-0.2, -0.15) is 0 Å². The van der Waals surface area contributed by atoms with Crippen LogP contribution >= 0.6 is 0 Å². The molecule has 0 N–H and O–H groups in total. The van der Waals surface area contributed by atoms with E-state index >= 15 is 0 Å². The first-order valence-electron chi connectivity index (χ1n) is 1.71. The van der Waals surface area contributed by atoms with Gasteiger partial charge in [0.25, 0.3) is 0 Å². The van der Waals surface area contributed by atoms with Gasteiger partial charge in [0.2, 0.25) is 0 Å². The van der Waals surface area contributed by atoms with Gasteiger partial charge in [0.05, 0.1) is 0 Å². The van der Waals surface area contributed by atoms with E-state index in [0.29, 0.717) is 25.0 Å². The topological polar surface area (TPSA) is 187 Å². The summed E-state index contributed by atoms with van der Waals surface area (Å²) in [6.07, 6.45) is 2.00. The van der Waals surface area contributed by atoms with Crippen LogP contribution in [0.2, 0.25) is 0 Å². The Bertz CT molecular complexity index is 163. The summed E-state index contributed by atoms with van der Waals surface area (Å²) in [4.78, 5) is 0. The summed E-state index contributed by atoms with van der Waals surface area (Å²) in [6.45, 7) is 0. The summed E-state index contributed by atoms with van der Waals surface area (Å²) in [7, 11) is 0. The molecule has 0 fully saturated rings. The van der Waals surface area contributed by atoms with Crippen molar-refractivity contribution in [3.05, 3.63) is 0 Å². The molecule has 8 nitrogen and oxygen atoms in total. The minimum absolute atomic E-state index is 0. The molecular formula is C4KN4O4Ru. The molecule has 0 saturated carbocycles. The Labute approximate surface area is 135 Å². The van der Waals surface area contributed by atoms with Crippen molar-refractivity contribution < 1.29 is 91.3 Å². The molecule has 0 aromatic rings. The van der Waals surface area contributed by atoms with E-state index in [1.165, 1.54) is 0 Å². The molecule has 0 aromatic heterocycles. The molecule has 0 aliphatic rings. The Balaban J connectivity index is -0.0000000145. The molecule has 0 bridgehead atoms. The summed E-state index contributed by atoms with van der Waals surface area (Å²) in [5, 5.41) is 60.0. The molecule has 0 unspecified atom stereocenters. The van der Waals surface area contributed by atoms with Crippen molar-refractivity contribution in [1.29, 1.82) is 21.0 Å². The predicted octanol–water partition coefficient (Wildman–Crippen LogP) is -7.69. The first-order valence-corrected chi connectivity index (χ1v) is 1.71. The average Bonchev–Trinajstić information content (AvgIpc) is 1.92. The normalized spacial score (nSPS) is 2.00. The number of nitrogens with zero attached hydrogens (tertiary/aromatic N) is 4. The van der Waals surface area contributed by atoms with Gasteiger partial charge >= 0.3 is 70.9 Å². The Kier molecular flexibility index (Phi) is 372. The molecule has 0 amide bonds. The van der Waals surface area contributed by atoms with Crippen LogP contribution < -0.4 is 71.8 Å². The van der Waals surface area contributed by atoms with Crippen LogP contribution in [0, 0.1) is 46.1 Å². The van der Waals surface area contributed by atoms with Crippen LogP contribution in [0.1, 0.15) is 0 Å². The van der Waals surface area contributed by atoms with Gasteiger partial charge in [-0.05, 0) is 0 Å². The van der Waals surface area contributed by atoms with Gasteiger partial charge in [0, 0.05) is 25.0 Å². The summed E-state index contributed by atoms with van der Waals surface area (Å²) in [5.74, 6) is 0. The fraction of sp³-hybridized carbons (Fsp3) is 0. The molecular weight excluding hydrogens is 308 g/mol. The van der Waals surface area contributed by atoms with Crippen LogP contribution in [0.5, 0.6) is 0 Å². The molecule has 0 aliphatic carbocycles. The number of hydrogen-bond acceptors (Lipinski definition) is 8. The third-order valence-corrected chi connectivity index (χ3v) is 0. The van der Waals surface area contributed by atoms with Crippen molar-refractivity contribution in [1.82, 2.24) is 0 Å². The van der Waals surface area contributed by atoms with Gasteiger partial charge in [-0.1, -0.05) is 0 Å². The Hall–Kier alpha value is -0.580. The third kappa shape index (κ3) is 3680. The standard InChI is InChI=1S/4CHNO.K.Ru/c4*2-1-3;;/h4*3H;;/q;;;;+1;+3/p-4. The molecule has 0 aromatic carbocycles. The molecule has 1 radical (unpaired) electrons. The van der Waals surface area contributed by atoms with Crippen LogP contribution in [-0.2, 0) is 19.5 Å². The van der Waals surface area contributed by atoms with Crippen molar-refractivity contribution >= 4 is 0 Å². The maximum absolute atomic E-state index is 8.24. The number of rotatable bonds is 0. The van der Waals surface area contributed by atoms with Gasteiger partial charge in [0.1, 0.15) is 0 Å². The minimum Gasteiger partial charge on any atom is -0.812 e. The second kappa shape index (κ2) is 138. The largest absolute Gasteiger partial charge is 3.00 e. The van der Waals surface area contributed by atoms with Gasteiger partial charge in [0.15, 0.2) is 0 Å². The van der Waals surface area contributed by atoms with Crippen LogP contribution in [0.3, 0.4) is 0 Å². The Morgan fingerprint density at radius 3 is 0.571 bits per heavy atom. The van der Waals surface area contributed by atoms with Gasteiger partial charge in [-0.25, -0.2) is 21.0 Å². The van der Waals surface area contributed by atoms with Gasteiger partial charge < -0.3 is 20.4 Å². The van der Waals surface area contributed by atoms with E-state index in [0.717, 1.165) is 0 Å². The molecule has 0 heterocycles. The molecule has 0 spiro atoms. The first-order chi connectivity index (χ1) is 5.66. The zero-order valence-electron chi connectivity index (χ0n) is 6.78. The maximum Gasteiger partial charge on any atom is 3.00 e. The summed E-state index contributed by atoms with van der Waals surface area (Å²) in [5.41, 5.74) is 0. The second-order valence-corrected chi connectivity index (χ2v) is 0.365. The van der Waals surface area contributed by atoms with Crippen LogP contribution in [0.15, 0.2) is 0 Å². The van der Waals surface area contributed by atoms with E-state index in [4.69, 9.17) is 41.5 Å². The van der Waals surface area contributed by atoms with E-state index in [2.05, 4.69) is 0 Å². The van der Waals surface area contributed by atoms with Crippen LogP contribution in [0.4, 0.5) is 0 Å². The van der Waals surface area contributed by atoms with Crippen LogP contribution in [0.25, 0.3) is 0 Å². The van der Waals surface area contributed by atoms with Crippen molar-refractivity contribution in [3.63, 3.8) is 0 Å². The maximum atomic E-state index is 8.24. The average molecular weight is 308 g/mol. The van der Waals surface area contributed by atoms with Gasteiger partial charge in [-0.3, -0.25) is 0 Å². The molecule has 10 heteroatoms. The summed E-state index contributed by atoms with van der Waals surface area (Å²) in [6, 6.07) is 0. The predicted molar refractivity (Wildman–Crippen MR) is 22.5 cm³/mol. The summed E-state index contributed by atoms with van der Waals surface area (Å²) < 4.78 is 0. The van der Waals surface area contributed by atoms with E-state index in [1.807, 2.05) is 0 Å². The molecule has 0 rings (SSSR count). The van der Waals surface area contributed by atoms with E-state index < -0.39 is 0 Å². The monoisotopic (exact) mass is 309 g/mol. The smallest absolute Gasteiger partial charge is 0.812 e. The molecule has 0 atom stereocenters. The zero-order chi connectivity index (χ0) is 10.8. The van der Waals surface area contributed by atoms with E-state index in [-0.39, 0.29) is 70.9 Å². The Morgan fingerprint density at radius 2 is 0.571 bits per heavy atom. The minimum atomic E-state index is 0. The number of nitriles is 4. The molecule has 69 valence electrons. The molecule has 14 heavy (non-hydrogen) atoms. The fourth-order valence-corrected chi connectivity index (χ4v) is 0. The van der Waals surface area contributed by atoms with Crippen molar-refractivity contribution in [2.45, 2.75) is 0 Å². The quantitative estimate of drug-likeness (QED) is 0.311. The van der Waals surface area contributed by atoms with E-state index in [1.54, 1.807) is 0 Å². The Morgan fingerprint density at radius 1 is 0.571 bits per heavy atom. The zero-order valence-corrected chi connectivity index (χ0v) is 11.6. The van der Waals surface area contributed by atoms with Crippen molar-refractivity contribution in [3.8, 4) is 25.0 Å². The fourth-order valence-electron chi connectivity index (χ4n) is 0. The van der Waals surface area contributed by atoms with Gasteiger partial charge in [-0.15, -0.1) is 0 Å². The van der Waals surface area contributed by atoms with Crippen LogP contribution in [-0.4, -0.2) is 0 Å². The van der Waals surface area contributed by atoms with Crippen molar-refractivity contribution in [2.75, 3.05) is 0 Å². The number of hydrogen-bond donors (Lipinski definition) is 0. The first kappa shape index (κ1) is 37.6. The SMILES string of the molecule is N#C[O-].N#C[O-].N#C[O-].N#C[O-].[K+].[Ru+3].